The van der Waals surface area contributed by atoms with Gasteiger partial charge in [0.2, 0.25) is 0 Å². The van der Waals surface area contributed by atoms with Gasteiger partial charge >= 0.3 is 5.97 Å². The summed E-state index contributed by atoms with van der Waals surface area (Å²) in [6.07, 6.45) is 2.42. The molecule has 0 saturated heterocycles. The van der Waals surface area contributed by atoms with Gasteiger partial charge in [0.25, 0.3) is 0 Å². The van der Waals surface area contributed by atoms with Gasteiger partial charge in [-0.15, -0.1) is 0 Å². The van der Waals surface area contributed by atoms with E-state index >= 15 is 0 Å². The highest BCUT2D eigenvalue weighted by molar-refractivity contribution is 9.10. The molecule has 1 aliphatic heterocycles. The lowest BCUT2D eigenvalue weighted by Crippen LogP contribution is -2.34. The fourth-order valence-electron chi connectivity index (χ4n) is 2.16. The average molecular weight is 314 g/mol. The Morgan fingerprint density at radius 3 is 3.11 bits per heavy atom. The highest BCUT2D eigenvalue weighted by Crippen LogP contribution is 2.35. The minimum atomic E-state index is -0.623. The van der Waals surface area contributed by atoms with Crippen molar-refractivity contribution in [2.75, 3.05) is 13.7 Å². The van der Waals surface area contributed by atoms with Crippen molar-refractivity contribution in [2.45, 2.75) is 25.3 Å². The number of hydrogen-bond acceptors (Lipinski definition) is 4. The monoisotopic (exact) mass is 313 g/mol. The molecule has 0 bridgehead atoms. The lowest BCUT2D eigenvalue weighted by Gasteiger charge is -2.22. The molecule has 1 aliphatic rings. The lowest BCUT2D eigenvalue weighted by atomic mass is 9.95. The number of methoxy groups -OCH3 is 1. The predicted octanol–water partition coefficient (Wildman–Crippen LogP) is 1.82. The summed E-state index contributed by atoms with van der Waals surface area (Å²) in [5.74, 6) is 0.499. The van der Waals surface area contributed by atoms with Crippen molar-refractivity contribution >= 4 is 21.9 Å². The maximum absolute atomic E-state index is 11.4. The van der Waals surface area contributed by atoms with E-state index in [1.807, 2.05) is 12.1 Å². The van der Waals surface area contributed by atoms with Crippen LogP contribution >= 0.6 is 15.9 Å². The van der Waals surface area contributed by atoms with E-state index in [9.17, 15) is 4.79 Å². The van der Waals surface area contributed by atoms with Crippen LogP contribution in [0.1, 0.15) is 17.5 Å². The lowest BCUT2D eigenvalue weighted by molar-refractivity contribution is -0.142. The smallest absolute Gasteiger partial charge is 0.322 e. The molecule has 0 fully saturated rings. The molecule has 1 aromatic carbocycles. The fourth-order valence-corrected chi connectivity index (χ4v) is 2.64. The van der Waals surface area contributed by atoms with E-state index < -0.39 is 6.04 Å². The number of carbonyl (C=O) groups is 1. The fraction of sp³-hybridized carbons (Fsp3) is 0.462. The minimum Gasteiger partial charge on any atom is -0.492 e. The SMILES string of the molecule is COC(=O)[C@@H](N)Cc1ccc(Br)c2c1CCCO2. The number of nitrogens with two attached hydrogens (primary N) is 1. The van der Waals surface area contributed by atoms with Gasteiger partial charge in [-0.05, 0) is 52.4 Å². The summed E-state index contributed by atoms with van der Waals surface area (Å²) in [4.78, 5) is 11.4. The van der Waals surface area contributed by atoms with Crippen LogP contribution in [0.4, 0.5) is 0 Å². The topological polar surface area (TPSA) is 61.5 Å². The summed E-state index contributed by atoms with van der Waals surface area (Å²) >= 11 is 3.48. The van der Waals surface area contributed by atoms with E-state index in [-0.39, 0.29) is 5.97 Å². The van der Waals surface area contributed by atoms with E-state index in [4.69, 9.17) is 10.5 Å². The molecule has 2 N–H and O–H groups in total. The van der Waals surface area contributed by atoms with Crippen molar-refractivity contribution < 1.29 is 14.3 Å². The van der Waals surface area contributed by atoms with Crippen molar-refractivity contribution in [3.05, 3.63) is 27.7 Å². The van der Waals surface area contributed by atoms with Crippen molar-refractivity contribution in [1.29, 1.82) is 0 Å². The van der Waals surface area contributed by atoms with E-state index in [1.165, 1.54) is 7.11 Å². The molecule has 0 radical (unpaired) electrons. The first-order valence-electron chi connectivity index (χ1n) is 5.90. The first-order valence-corrected chi connectivity index (χ1v) is 6.69. The Morgan fingerprint density at radius 1 is 1.61 bits per heavy atom. The van der Waals surface area contributed by atoms with E-state index in [0.717, 1.165) is 40.8 Å². The third kappa shape index (κ3) is 2.67. The number of rotatable bonds is 3. The molecule has 1 aromatic rings. The number of hydrogen-bond donors (Lipinski definition) is 1. The van der Waals surface area contributed by atoms with Crippen LogP contribution in [0.2, 0.25) is 0 Å². The van der Waals surface area contributed by atoms with Gasteiger partial charge in [0.1, 0.15) is 11.8 Å². The van der Waals surface area contributed by atoms with Gasteiger partial charge in [-0.25, -0.2) is 0 Å². The van der Waals surface area contributed by atoms with Gasteiger partial charge in [0, 0.05) is 0 Å². The Bertz CT molecular complexity index is 462. The van der Waals surface area contributed by atoms with Crippen LogP contribution in [0.3, 0.4) is 0 Å². The number of esters is 1. The molecule has 0 aliphatic carbocycles. The van der Waals surface area contributed by atoms with E-state index in [2.05, 4.69) is 20.7 Å². The largest absolute Gasteiger partial charge is 0.492 e. The molecular weight excluding hydrogens is 298 g/mol. The molecule has 1 heterocycles. The minimum absolute atomic E-state index is 0.386. The quantitative estimate of drug-likeness (QED) is 0.865. The molecule has 5 heteroatoms. The van der Waals surface area contributed by atoms with Crippen LogP contribution in [-0.4, -0.2) is 25.7 Å². The van der Waals surface area contributed by atoms with Crippen LogP contribution in [0.25, 0.3) is 0 Å². The molecule has 98 valence electrons. The zero-order valence-electron chi connectivity index (χ0n) is 10.2. The summed E-state index contributed by atoms with van der Waals surface area (Å²) in [6, 6.07) is 3.30. The van der Waals surface area contributed by atoms with Crippen LogP contribution in [0.5, 0.6) is 5.75 Å². The zero-order chi connectivity index (χ0) is 13.1. The van der Waals surface area contributed by atoms with E-state index in [0.29, 0.717) is 6.42 Å². The number of ether oxygens (including phenoxy) is 2. The second kappa shape index (κ2) is 5.71. The Labute approximate surface area is 115 Å². The normalized spacial score (nSPS) is 15.5. The standard InChI is InChI=1S/C13H16BrNO3/c1-17-13(16)11(15)7-8-4-5-10(14)12-9(8)3-2-6-18-12/h4-5,11H,2-3,6-7,15H2,1H3/t11-/m0/s1. The summed E-state index contributed by atoms with van der Waals surface area (Å²) in [6.45, 7) is 0.734. The molecule has 18 heavy (non-hydrogen) atoms. The summed E-state index contributed by atoms with van der Waals surface area (Å²) < 4.78 is 11.3. The number of fused-ring (bicyclic) bond motifs is 1. The van der Waals surface area contributed by atoms with Crippen LogP contribution < -0.4 is 10.5 Å². The average Bonchev–Trinajstić information content (AvgIpc) is 2.41. The Kier molecular flexibility index (Phi) is 4.24. The van der Waals surface area contributed by atoms with Crippen LogP contribution in [-0.2, 0) is 22.4 Å². The highest BCUT2D eigenvalue weighted by Gasteiger charge is 2.21. The molecule has 0 saturated carbocycles. The number of benzene rings is 1. The third-order valence-electron chi connectivity index (χ3n) is 3.07. The maximum Gasteiger partial charge on any atom is 0.322 e. The van der Waals surface area contributed by atoms with Gasteiger partial charge in [-0.1, -0.05) is 6.07 Å². The summed E-state index contributed by atoms with van der Waals surface area (Å²) in [7, 11) is 1.35. The second-order valence-electron chi connectivity index (χ2n) is 4.30. The molecule has 0 amide bonds. The second-order valence-corrected chi connectivity index (χ2v) is 5.15. The first kappa shape index (κ1) is 13.4. The zero-order valence-corrected chi connectivity index (χ0v) is 11.8. The van der Waals surface area contributed by atoms with Gasteiger partial charge in [-0.2, -0.15) is 0 Å². The van der Waals surface area contributed by atoms with Gasteiger partial charge in [0.15, 0.2) is 0 Å². The Hall–Kier alpha value is -1.07. The maximum atomic E-state index is 11.4. The molecule has 4 nitrogen and oxygen atoms in total. The molecule has 0 aromatic heterocycles. The first-order chi connectivity index (χ1) is 8.63. The molecular formula is C13H16BrNO3. The van der Waals surface area contributed by atoms with Gasteiger partial charge in [-0.3, -0.25) is 4.79 Å². The van der Waals surface area contributed by atoms with Crippen molar-refractivity contribution in [2.24, 2.45) is 5.73 Å². The van der Waals surface area contributed by atoms with Crippen molar-refractivity contribution in [1.82, 2.24) is 0 Å². The van der Waals surface area contributed by atoms with Crippen molar-refractivity contribution in [3.63, 3.8) is 0 Å². The summed E-state index contributed by atoms with van der Waals surface area (Å²) in [5.41, 5.74) is 8.01. The van der Waals surface area contributed by atoms with Crippen molar-refractivity contribution in [3.8, 4) is 5.75 Å². The van der Waals surface area contributed by atoms with Gasteiger partial charge in [0.05, 0.1) is 18.2 Å². The molecule has 1 atom stereocenters. The summed E-state index contributed by atoms with van der Waals surface area (Å²) in [5, 5.41) is 0. The van der Waals surface area contributed by atoms with E-state index in [1.54, 1.807) is 0 Å². The van der Waals surface area contributed by atoms with Crippen LogP contribution in [0.15, 0.2) is 16.6 Å². The Morgan fingerprint density at radius 2 is 2.39 bits per heavy atom. The molecule has 2 rings (SSSR count). The molecule has 0 unspecified atom stereocenters. The number of halogens is 1. The van der Waals surface area contributed by atoms with Crippen LogP contribution in [0, 0.1) is 0 Å². The Balaban J connectivity index is 2.26. The highest BCUT2D eigenvalue weighted by atomic mass is 79.9. The predicted molar refractivity (Wildman–Crippen MR) is 71.7 cm³/mol. The molecule has 0 spiro atoms. The van der Waals surface area contributed by atoms with Gasteiger partial charge < -0.3 is 15.2 Å². The number of carbonyl (C=O) groups excluding carboxylic acids is 1. The third-order valence-corrected chi connectivity index (χ3v) is 3.70.